The van der Waals surface area contributed by atoms with E-state index in [-0.39, 0.29) is 17.9 Å². The van der Waals surface area contributed by atoms with Gasteiger partial charge in [-0.15, -0.1) is 0 Å². The summed E-state index contributed by atoms with van der Waals surface area (Å²) in [5.41, 5.74) is 6.01. The Kier molecular flexibility index (Phi) is 5.50. The molecule has 1 saturated heterocycles. The molecule has 0 spiro atoms. The second-order valence-electron chi connectivity index (χ2n) is 8.59. The molecule has 0 radical (unpaired) electrons. The number of likely N-dealkylation sites (tertiary alicyclic amines) is 1. The standard InChI is InChI=1S/C26H26N4O2S/c1-16-8-9-19(14-17(16)2)21-6-4-5-7-22(21)25(32)30-12-10-20(30)15-28-24(31)23-18(3)29-13-11-27-26(29)33-23/h4-9,11,13-14,20H,10,12,15H2,1-3H3,(H,28,31). The summed E-state index contributed by atoms with van der Waals surface area (Å²) in [6.07, 6.45) is 4.47. The Hall–Kier alpha value is -3.45. The number of thiazole rings is 1. The molecule has 1 aliphatic heterocycles. The minimum absolute atomic E-state index is 0.00129. The zero-order valence-electron chi connectivity index (χ0n) is 19.0. The highest BCUT2D eigenvalue weighted by molar-refractivity contribution is 7.19. The third-order valence-electron chi connectivity index (χ3n) is 6.57. The zero-order chi connectivity index (χ0) is 23.1. The average Bonchev–Trinajstić information content (AvgIpc) is 3.38. The van der Waals surface area contributed by atoms with Crippen LogP contribution < -0.4 is 5.32 Å². The first-order chi connectivity index (χ1) is 15.9. The van der Waals surface area contributed by atoms with Crippen LogP contribution in [0.15, 0.2) is 54.9 Å². The van der Waals surface area contributed by atoms with Gasteiger partial charge in [0.2, 0.25) is 0 Å². The van der Waals surface area contributed by atoms with Crippen LogP contribution in [-0.2, 0) is 0 Å². The van der Waals surface area contributed by atoms with Crippen LogP contribution in [0.2, 0.25) is 0 Å². The lowest BCUT2D eigenvalue weighted by atomic mass is 9.94. The number of hydrogen-bond acceptors (Lipinski definition) is 4. The summed E-state index contributed by atoms with van der Waals surface area (Å²) in [5.74, 6) is -0.0991. The van der Waals surface area contributed by atoms with Gasteiger partial charge in [-0.05, 0) is 55.5 Å². The maximum absolute atomic E-state index is 13.4. The number of rotatable bonds is 5. The number of nitrogens with one attached hydrogen (secondary N) is 1. The molecule has 1 N–H and O–H groups in total. The van der Waals surface area contributed by atoms with Crippen LogP contribution >= 0.6 is 11.3 Å². The molecule has 0 saturated carbocycles. The predicted octanol–water partition coefficient (Wildman–Crippen LogP) is 4.63. The smallest absolute Gasteiger partial charge is 0.263 e. The second kappa shape index (κ2) is 8.48. The van der Waals surface area contributed by atoms with Crippen molar-refractivity contribution in [2.45, 2.75) is 33.2 Å². The summed E-state index contributed by atoms with van der Waals surface area (Å²) >= 11 is 1.38. The van der Waals surface area contributed by atoms with Gasteiger partial charge in [-0.2, -0.15) is 0 Å². The van der Waals surface area contributed by atoms with E-state index < -0.39 is 0 Å². The molecular weight excluding hydrogens is 432 g/mol. The first kappa shape index (κ1) is 21.4. The fourth-order valence-corrected chi connectivity index (χ4v) is 5.31. The highest BCUT2D eigenvalue weighted by Crippen LogP contribution is 2.29. The Balaban J connectivity index is 1.30. The highest BCUT2D eigenvalue weighted by atomic mass is 32.1. The summed E-state index contributed by atoms with van der Waals surface area (Å²) in [4.78, 5) is 33.8. The van der Waals surface area contributed by atoms with Gasteiger partial charge in [-0.1, -0.05) is 47.7 Å². The predicted molar refractivity (Wildman–Crippen MR) is 131 cm³/mol. The third-order valence-corrected chi connectivity index (χ3v) is 7.74. The second-order valence-corrected chi connectivity index (χ2v) is 9.57. The molecule has 33 heavy (non-hydrogen) atoms. The summed E-state index contributed by atoms with van der Waals surface area (Å²) in [7, 11) is 0. The van der Waals surface area contributed by atoms with Crippen LogP contribution in [-0.4, -0.2) is 45.2 Å². The van der Waals surface area contributed by atoms with Crippen molar-refractivity contribution < 1.29 is 9.59 Å². The normalized spacial score (nSPS) is 15.5. The van der Waals surface area contributed by atoms with Gasteiger partial charge in [0.25, 0.3) is 11.8 Å². The number of carbonyl (C=O) groups is 2. The molecule has 7 heteroatoms. The topological polar surface area (TPSA) is 66.7 Å². The summed E-state index contributed by atoms with van der Waals surface area (Å²) in [5, 5.41) is 3.03. The van der Waals surface area contributed by atoms with Crippen LogP contribution in [0.3, 0.4) is 0 Å². The van der Waals surface area contributed by atoms with Crippen molar-refractivity contribution >= 4 is 28.1 Å². The number of benzene rings is 2. The van der Waals surface area contributed by atoms with E-state index in [0.717, 1.165) is 28.2 Å². The molecule has 3 heterocycles. The van der Waals surface area contributed by atoms with Gasteiger partial charge in [-0.25, -0.2) is 4.98 Å². The fourth-order valence-electron chi connectivity index (χ4n) is 4.30. The van der Waals surface area contributed by atoms with Crippen LogP contribution in [0.5, 0.6) is 0 Å². The van der Waals surface area contributed by atoms with Crippen LogP contribution in [0.4, 0.5) is 0 Å². The molecule has 1 fully saturated rings. The summed E-state index contributed by atoms with van der Waals surface area (Å²) < 4.78 is 1.92. The number of aromatic nitrogens is 2. The fraction of sp³-hybridized carbons (Fsp3) is 0.269. The van der Waals surface area contributed by atoms with Crippen molar-refractivity contribution in [2.75, 3.05) is 13.1 Å². The van der Waals surface area contributed by atoms with E-state index in [2.05, 4.69) is 42.3 Å². The molecule has 2 aromatic heterocycles. The van der Waals surface area contributed by atoms with E-state index in [0.29, 0.717) is 23.5 Å². The molecule has 1 unspecified atom stereocenters. The number of hydrogen-bond donors (Lipinski definition) is 1. The van der Waals surface area contributed by atoms with Gasteiger partial charge < -0.3 is 10.2 Å². The Morgan fingerprint density at radius 1 is 1.12 bits per heavy atom. The van der Waals surface area contributed by atoms with E-state index in [1.165, 1.54) is 22.5 Å². The third kappa shape index (κ3) is 3.82. The molecule has 4 aromatic rings. The average molecular weight is 459 g/mol. The summed E-state index contributed by atoms with van der Waals surface area (Å²) in [6.45, 7) is 7.24. The number of fused-ring (bicyclic) bond motifs is 1. The Morgan fingerprint density at radius 2 is 1.94 bits per heavy atom. The monoisotopic (exact) mass is 458 g/mol. The lowest BCUT2D eigenvalue weighted by Gasteiger charge is -2.41. The number of aryl methyl sites for hydroxylation is 3. The number of nitrogens with zero attached hydrogens (tertiary/aromatic N) is 3. The number of amides is 2. The quantitative estimate of drug-likeness (QED) is 0.474. The first-order valence-electron chi connectivity index (χ1n) is 11.1. The van der Waals surface area contributed by atoms with Gasteiger partial charge in [0.1, 0.15) is 4.88 Å². The molecule has 5 rings (SSSR count). The van der Waals surface area contributed by atoms with Gasteiger partial charge in [0.05, 0.1) is 6.04 Å². The van der Waals surface area contributed by atoms with Crippen molar-refractivity contribution in [2.24, 2.45) is 0 Å². The van der Waals surface area contributed by atoms with E-state index in [9.17, 15) is 9.59 Å². The molecule has 2 aromatic carbocycles. The summed E-state index contributed by atoms with van der Waals surface area (Å²) in [6, 6.07) is 14.1. The van der Waals surface area contributed by atoms with Crippen molar-refractivity contribution in [3.8, 4) is 11.1 Å². The lowest BCUT2D eigenvalue weighted by molar-refractivity contribution is 0.0456. The maximum Gasteiger partial charge on any atom is 0.263 e. The molecule has 1 aliphatic rings. The molecular formula is C26H26N4O2S. The zero-order valence-corrected chi connectivity index (χ0v) is 19.8. The SMILES string of the molecule is Cc1ccc(-c2ccccc2C(=O)N2CCC2CNC(=O)c2sc3nccn3c2C)cc1C. The van der Waals surface area contributed by atoms with E-state index in [1.807, 2.05) is 46.7 Å². The van der Waals surface area contributed by atoms with Crippen molar-refractivity contribution in [3.63, 3.8) is 0 Å². The van der Waals surface area contributed by atoms with E-state index >= 15 is 0 Å². The van der Waals surface area contributed by atoms with Gasteiger partial charge in [-0.3, -0.25) is 14.0 Å². The Bertz CT molecular complexity index is 1370. The maximum atomic E-state index is 13.4. The molecule has 2 amide bonds. The molecule has 6 nitrogen and oxygen atoms in total. The van der Waals surface area contributed by atoms with E-state index in [1.54, 1.807) is 6.20 Å². The van der Waals surface area contributed by atoms with Crippen molar-refractivity contribution in [1.29, 1.82) is 0 Å². The first-order valence-corrected chi connectivity index (χ1v) is 11.9. The number of imidazole rings is 1. The van der Waals surface area contributed by atoms with Gasteiger partial charge >= 0.3 is 0 Å². The van der Waals surface area contributed by atoms with E-state index in [4.69, 9.17) is 0 Å². The number of carbonyl (C=O) groups excluding carboxylic acids is 2. The molecule has 0 aliphatic carbocycles. The van der Waals surface area contributed by atoms with Crippen LogP contribution in [0.1, 0.15) is 43.3 Å². The Morgan fingerprint density at radius 3 is 2.67 bits per heavy atom. The van der Waals surface area contributed by atoms with Crippen LogP contribution in [0.25, 0.3) is 16.1 Å². The largest absolute Gasteiger partial charge is 0.349 e. The molecule has 1 atom stereocenters. The van der Waals surface area contributed by atoms with Crippen molar-refractivity contribution in [3.05, 3.63) is 82.1 Å². The Labute approximate surface area is 196 Å². The van der Waals surface area contributed by atoms with Gasteiger partial charge in [0, 0.05) is 36.7 Å². The lowest BCUT2D eigenvalue weighted by Crippen LogP contribution is -2.56. The highest BCUT2D eigenvalue weighted by Gasteiger charge is 2.34. The minimum atomic E-state index is -0.113. The molecule has 168 valence electrons. The minimum Gasteiger partial charge on any atom is -0.349 e. The molecule has 0 bridgehead atoms. The van der Waals surface area contributed by atoms with Gasteiger partial charge in [0.15, 0.2) is 4.96 Å². The van der Waals surface area contributed by atoms with Crippen LogP contribution in [0, 0.1) is 20.8 Å². The van der Waals surface area contributed by atoms with Crippen molar-refractivity contribution in [1.82, 2.24) is 19.6 Å².